The molecule has 0 aliphatic heterocycles. The molecule has 0 atom stereocenters. The second-order valence-electron chi connectivity index (χ2n) is 5.30. The van der Waals surface area contributed by atoms with Crippen LogP contribution < -0.4 is 4.72 Å². The summed E-state index contributed by atoms with van der Waals surface area (Å²) in [4.78, 5) is 24.1. The summed E-state index contributed by atoms with van der Waals surface area (Å²) in [5.74, 6) is -1.37. The van der Waals surface area contributed by atoms with Crippen LogP contribution in [-0.2, 0) is 19.5 Å². The maximum Gasteiger partial charge on any atom is 0.338 e. The summed E-state index contributed by atoms with van der Waals surface area (Å²) in [6.45, 7) is 3.54. The Kier molecular flexibility index (Phi) is 6.81. The van der Waals surface area contributed by atoms with Gasteiger partial charge < -0.3 is 9.47 Å². The molecule has 0 heterocycles. The van der Waals surface area contributed by atoms with Crippen molar-refractivity contribution in [1.29, 1.82) is 0 Å². The normalized spacial score (nSPS) is 10.9. The molecular formula is C18H18ClNO6S. The van der Waals surface area contributed by atoms with Gasteiger partial charge in [-0.25, -0.2) is 18.0 Å². The van der Waals surface area contributed by atoms with Gasteiger partial charge in [0.25, 0.3) is 10.0 Å². The third-order valence-corrected chi connectivity index (χ3v) is 4.98. The minimum atomic E-state index is -3.95. The van der Waals surface area contributed by atoms with Crippen LogP contribution in [0.1, 0.15) is 34.6 Å². The molecule has 0 unspecified atom stereocenters. The van der Waals surface area contributed by atoms with Crippen molar-refractivity contribution in [3.8, 4) is 0 Å². The fourth-order valence-electron chi connectivity index (χ4n) is 2.18. The summed E-state index contributed by atoms with van der Waals surface area (Å²) < 4.78 is 37.3. The van der Waals surface area contributed by atoms with E-state index < -0.39 is 22.0 Å². The number of sulfonamides is 1. The van der Waals surface area contributed by atoms with E-state index in [1.807, 2.05) is 0 Å². The predicted octanol–water partition coefficient (Wildman–Crippen LogP) is 3.49. The third-order valence-electron chi connectivity index (χ3n) is 3.33. The summed E-state index contributed by atoms with van der Waals surface area (Å²) in [5, 5.41) is 0.392. The van der Waals surface area contributed by atoms with E-state index in [0.717, 1.165) is 0 Å². The van der Waals surface area contributed by atoms with Gasteiger partial charge in [-0.3, -0.25) is 4.72 Å². The lowest BCUT2D eigenvalue weighted by Crippen LogP contribution is -2.15. The highest BCUT2D eigenvalue weighted by Crippen LogP contribution is 2.22. The lowest BCUT2D eigenvalue weighted by Gasteiger charge is -2.12. The third kappa shape index (κ3) is 5.45. The van der Waals surface area contributed by atoms with Crippen molar-refractivity contribution < 1.29 is 27.5 Å². The number of benzene rings is 2. The van der Waals surface area contributed by atoms with Crippen molar-refractivity contribution >= 4 is 39.3 Å². The molecule has 0 spiro atoms. The first kappa shape index (κ1) is 20.7. The summed E-state index contributed by atoms with van der Waals surface area (Å²) in [5.41, 5.74) is 0.0750. The van der Waals surface area contributed by atoms with E-state index in [4.69, 9.17) is 21.1 Å². The Labute approximate surface area is 162 Å². The Hall–Kier alpha value is -2.58. The molecule has 0 fully saturated rings. The summed E-state index contributed by atoms with van der Waals surface area (Å²) in [6, 6.07) is 9.42. The summed E-state index contributed by atoms with van der Waals surface area (Å²) in [7, 11) is -3.95. The maximum atomic E-state index is 12.5. The fourth-order valence-corrected chi connectivity index (χ4v) is 3.35. The van der Waals surface area contributed by atoms with Gasteiger partial charge in [0.2, 0.25) is 0 Å². The largest absolute Gasteiger partial charge is 0.462 e. The van der Waals surface area contributed by atoms with Gasteiger partial charge in [0.1, 0.15) is 0 Å². The minimum Gasteiger partial charge on any atom is -0.462 e. The highest BCUT2D eigenvalue weighted by Gasteiger charge is 2.19. The molecular weight excluding hydrogens is 394 g/mol. The molecule has 2 rings (SSSR count). The van der Waals surface area contributed by atoms with Crippen LogP contribution in [0.25, 0.3) is 0 Å². The lowest BCUT2D eigenvalue weighted by molar-refractivity contribution is 0.0525. The fraction of sp³-hybridized carbons (Fsp3) is 0.222. The molecule has 2 aromatic rings. The van der Waals surface area contributed by atoms with Gasteiger partial charge in [-0.05, 0) is 56.3 Å². The van der Waals surface area contributed by atoms with Gasteiger partial charge in [0.05, 0.1) is 34.9 Å². The van der Waals surface area contributed by atoms with Crippen molar-refractivity contribution in [2.75, 3.05) is 17.9 Å². The highest BCUT2D eigenvalue weighted by atomic mass is 35.5. The van der Waals surface area contributed by atoms with E-state index in [0.29, 0.717) is 5.02 Å². The van der Waals surface area contributed by atoms with Gasteiger partial charge in [-0.2, -0.15) is 0 Å². The van der Waals surface area contributed by atoms with Crippen LogP contribution >= 0.6 is 11.6 Å². The van der Waals surface area contributed by atoms with E-state index in [1.54, 1.807) is 13.8 Å². The number of carbonyl (C=O) groups is 2. The molecule has 9 heteroatoms. The highest BCUT2D eigenvalue weighted by molar-refractivity contribution is 7.92. The number of carbonyl (C=O) groups excluding carboxylic acids is 2. The monoisotopic (exact) mass is 411 g/mol. The molecule has 0 bridgehead atoms. The first-order valence-electron chi connectivity index (χ1n) is 8.04. The Bertz CT molecular complexity index is 905. The smallest absolute Gasteiger partial charge is 0.338 e. The van der Waals surface area contributed by atoms with Crippen LogP contribution in [0.2, 0.25) is 5.02 Å². The second-order valence-corrected chi connectivity index (χ2v) is 7.42. The van der Waals surface area contributed by atoms with Crippen LogP contribution in [0.15, 0.2) is 47.4 Å². The first-order valence-corrected chi connectivity index (χ1v) is 9.90. The number of hydrogen-bond acceptors (Lipinski definition) is 6. The standard InChI is InChI=1S/C18H18ClNO6S/c1-3-25-17(21)12-9-13(18(22)26-4-2)11-15(10-12)20-27(23,24)16-7-5-14(19)6-8-16/h5-11,20H,3-4H2,1-2H3. The second kappa shape index (κ2) is 8.88. The average Bonchev–Trinajstić information content (AvgIpc) is 2.62. The van der Waals surface area contributed by atoms with Gasteiger partial charge >= 0.3 is 11.9 Å². The summed E-state index contributed by atoms with van der Waals surface area (Å²) in [6.07, 6.45) is 0. The number of hydrogen-bond donors (Lipinski definition) is 1. The maximum absolute atomic E-state index is 12.5. The number of rotatable bonds is 7. The first-order chi connectivity index (χ1) is 12.8. The van der Waals surface area contributed by atoms with Crippen molar-refractivity contribution in [2.24, 2.45) is 0 Å². The molecule has 2 aromatic carbocycles. The van der Waals surface area contributed by atoms with Crippen molar-refractivity contribution in [2.45, 2.75) is 18.7 Å². The molecule has 0 aliphatic carbocycles. The van der Waals surface area contributed by atoms with Crippen molar-refractivity contribution in [3.05, 3.63) is 58.6 Å². The average molecular weight is 412 g/mol. The molecule has 0 radical (unpaired) electrons. The Morgan fingerprint density at radius 1 is 0.926 bits per heavy atom. The van der Waals surface area contributed by atoms with Gasteiger partial charge in [0.15, 0.2) is 0 Å². The van der Waals surface area contributed by atoms with Crippen LogP contribution in [0.4, 0.5) is 5.69 Å². The van der Waals surface area contributed by atoms with Crippen molar-refractivity contribution in [3.63, 3.8) is 0 Å². The summed E-state index contributed by atoms with van der Waals surface area (Å²) >= 11 is 5.77. The number of esters is 2. The molecule has 0 saturated carbocycles. The number of ether oxygens (including phenoxy) is 2. The molecule has 1 N–H and O–H groups in total. The Balaban J connectivity index is 2.43. The van der Waals surface area contributed by atoms with Crippen LogP contribution in [0.3, 0.4) is 0 Å². The lowest BCUT2D eigenvalue weighted by atomic mass is 10.1. The zero-order valence-electron chi connectivity index (χ0n) is 14.7. The molecule has 0 aliphatic rings. The Morgan fingerprint density at radius 2 is 1.41 bits per heavy atom. The quantitative estimate of drug-likeness (QED) is 0.700. The Morgan fingerprint density at radius 3 is 1.85 bits per heavy atom. The van der Waals surface area contributed by atoms with E-state index in [9.17, 15) is 18.0 Å². The molecule has 7 nitrogen and oxygen atoms in total. The topological polar surface area (TPSA) is 98.8 Å². The molecule has 27 heavy (non-hydrogen) atoms. The molecule has 0 aromatic heterocycles. The van der Waals surface area contributed by atoms with E-state index in [-0.39, 0.29) is 34.9 Å². The molecule has 0 amide bonds. The van der Waals surface area contributed by atoms with E-state index in [2.05, 4.69) is 4.72 Å². The van der Waals surface area contributed by atoms with Gasteiger partial charge in [0, 0.05) is 5.02 Å². The minimum absolute atomic E-state index is 0.0221. The number of anilines is 1. The molecule has 144 valence electrons. The van der Waals surface area contributed by atoms with Gasteiger partial charge in [-0.1, -0.05) is 11.6 Å². The van der Waals surface area contributed by atoms with Crippen LogP contribution in [0.5, 0.6) is 0 Å². The van der Waals surface area contributed by atoms with Crippen molar-refractivity contribution in [1.82, 2.24) is 0 Å². The number of halogens is 1. The molecule has 0 saturated heterocycles. The zero-order chi connectivity index (χ0) is 20.0. The van der Waals surface area contributed by atoms with Gasteiger partial charge in [-0.15, -0.1) is 0 Å². The number of nitrogens with one attached hydrogen (secondary N) is 1. The van der Waals surface area contributed by atoms with E-state index >= 15 is 0 Å². The van der Waals surface area contributed by atoms with Crippen LogP contribution in [0, 0.1) is 0 Å². The van der Waals surface area contributed by atoms with Crippen LogP contribution in [-0.4, -0.2) is 33.6 Å². The zero-order valence-corrected chi connectivity index (χ0v) is 16.3. The SMILES string of the molecule is CCOC(=O)c1cc(NS(=O)(=O)c2ccc(Cl)cc2)cc(C(=O)OCC)c1. The predicted molar refractivity (Wildman–Crippen MR) is 101 cm³/mol. The van der Waals surface area contributed by atoms with E-state index in [1.165, 1.54) is 42.5 Å².